The predicted octanol–water partition coefficient (Wildman–Crippen LogP) is 0.429. The third-order valence-corrected chi connectivity index (χ3v) is 1.79. The van der Waals surface area contributed by atoms with Crippen molar-refractivity contribution in [2.75, 3.05) is 13.1 Å². The molecule has 2 heteroatoms. The molecule has 0 bridgehead atoms. The Hall–Kier alpha value is -0.530. The zero-order valence-electron chi connectivity index (χ0n) is 6.44. The van der Waals surface area contributed by atoms with E-state index >= 15 is 0 Å². The predicted molar refractivity (Wildman–Crippen MR) is 38.9 cm³/mol. The molecule has 1 heterocycles. The molecule has 0 amide bonds. The highest BCUT2D eigenvalue weighted by atomic mass is 15.2. The average Bonchev–Trinajstić information content (AvgIpc) is 2.13. The van der Waals surface area contributed by atoms with E-state index in [0.717, 1.165) is 6.54 Å². The van der Waals surface area contributed by atoms with E-state index in [0.29, 0.717) is 6.04 Å². The van der Waals surface area contributed by atoms with E-state index in [2.05, 4.69) is 30.7 Å². The summed E-state index contributed by atoms with van der Waals surface area (Å²) in [5.41, 5.74) is 0. The van der Waals surface area contributed by atoms with E-state index in [4.69, 9.17) is 0 Å². The Morgan fingerprint density at radius 3 is 2.44 bits per heavy atom. The minimum absolute atomic E-state index is 0.653. The Kier molecular flexibility index (Phi) is 1.74. The second-order valence-corrected chi connectivity index (χ2v) is 2.80. The number of nitrogens with zero attached hydrogens (tertiary/aromatic N) is 1. The van der Waals surface area contributed by atoms with Gasteiger partial charge in [-0.15, -0.1) is 0 Å². The first-order valence-electron chi connectivity index (χ1n) is 3.56. The number of hydrogen-bond donors (Lipinski definition) is 1. The Morgan fingerprint density at radius 1 is 1.56 bits per heavy atom. The molecule has 1 rings (SSSR count). The van der Waals surface area contributed by atoms with Crippen LogP contribution in [-0.2, 0) is 0 Å². The molecule has 0 aliphatic carbocycles. The molecule has 0 unspecified atom stereocenters. The maximum absolute atomic E-state index is 3.29. The lowest BCUT2D eigenvalue weighted by Gasteiger charge is -2.03. The monoisotopic (exact) mass is 127 g/mol. The van der Waals surface area contributed by atoms with Crippen LogP contribution in [0.5, 0.6) is 0 Å². The van der Waals surface area contributed by atoms with Crippen molar-refractivity contribution in [2.45, 2.75) is 26.8 Å². The fourth-order valence-electron chi connectivity index (χ4n) is 1.27. The van der Waals surface area contributed by atoms with Gasteiger partial charge in [-0.2, -0.15) is 0 Å². The number of rotatable bonds is 1. The molecule has 0 saturated heterocycles. The van der Waals surface area contributed by atoms with Gasteiger partial charge in [0.25, 0.3) is 0 Å². The second-order valence-electron chi connectivity index (χ2n) is 2.80. The molecule has 0 aromatic carbocycles. The van der Waals surface area contributed by atoms with Crippen molar-refractivity contribution in [3.63, 3.8) is 0 Å². The smallest absolute Gasteiger partial charge is 0.241 e. The highest BCUT2D eigenvalue weighted by Crippen LogP contribution is 1.93. The lowest BCUT2D eigenvalue weighted by atomic mass is 10.4. The number of amidine groups is 1. The van der Waals surface area contributed by atoms with Gasteiger partial charge in [0, 0.05) is 6.92 Å². The van der Waals surface area contributed by atoms with Crippen LogP contribution >= 0.6 is 0 Å². The summed E-state index contributed by atoms with van der Waals surface area (Å²) in [6.45, 7) is 8.85. The SMILES string of the molecule is CC1=[N+](C(C)C)CCN1. The summed E-state index contributed by atoms with van der Waals surface area (Å²) in [6.07, 6.45) is 0. The zero-order valence-corrected chi connectivity index (χ0v) is 6.44. The highest BCUT2D eigenvalue weighted by Gasteiger charge is 2.17. The average molecular weight is 127 g/mol. The Morgan fingerprint density at radius 2 is 2.22 bits per heavy atom. The second kappa shape index (κ2) is 2.38. The van der Waals surface area contributed by atoms with Crippen molar-refractivity contribution in [1.29, 1.82) is 0 Å². The molecule has 1 aliphatic rings. The summed E-state index contributed by atoms with van der Waals surface area (Å²) < 4.78 is 2.38. The molecular weight excluding hydrogens is 112 g/mol. The van der Waals surface area contributed by atoms with Gasteiger partial charge in [0.15, 0.2) is 0 Å². The van der Waals surface area contributed by atoms with Crippen molar-refractivity contribution >= 4 is 5.84 Å². The summed E-state index contributed by atoms with van der Waals surface area (Å²) >= 11 is 0. The van der Waals surface area contributed by atoms with Gasteiger partial charge in [-0.05, 0) is 13.8 Å². The minimum atomic E-state index is 0.653. The topological polar surface area (TPSA) is 15.0 Å². The van der Waals surface area contributed by atoms with Crippen molar-refractivity contribution in [2.24, 2.45) is 0 Å². The Labute approximate surface area is 56.6 Å². The van der Waals surface area contributed by atoms with Gasteiger partial charge < -0.3 is 0 Å². The van der Waals surface area contributed by atoms with Crippen LogP contribution in [0.15, 0.2) is 0 Å². The quantitative estimate of drug-likeness (QED) is 0.505. The van der Waals surface area contributed by atoms with Gasteiger partial charge in [0.1, 0.15) is 13.1 Å². The molecule has 0 spiro atoms. The van der Waals surface area contributed by atoms with Crippen molar-refractivity contribution in [3.8, 4) is 0 Å². The number of hydrogen-bond acceptors (Lipinski definition) is 1. The lowest BCUT2D eigenvalue weighted by Crippen LogP contribution is -2.24. The van der Waals surface area contributed by atoms with Gasteiger partial charge in [0.05, 0.1) is 6.04 Å². The Balaban J connectivity index is 2.66. The molecule has 2 nitrogen and oxygen atoms in total. The zero-order chi connectivity index (χ0) is 6.85. The standard InChI is InChI=1S/C7H14N2/c1-6(2)9-5-4-8-7(9)3/h6H,4-5H2,1-3H3/p+1. The third kappa shape index (κ3) is 1.23. The first-order chi connectivity index (χ1) is 4.22. The van der Waals surface area contributed by atoms with Crippen molar-refractivity contribution in [1.82, 2.24) is 5.32 Å². The largest absolute Gasteiger partial charge is 0.275 e. The van der Waals surface area contributed by atoms with Crippen LogP contribution in [0.25, 0.3) is 0 Å². The highest BCUT2D eigenvalue weighted by molar-refractivity contribution is 5.75. The molecule has 0 saturated carbocycles. The van der Waals surface area contributed by atoms with Gasteiger partial charge in [-0.3, -0.25) is 9.89 Å². The van der Waals surface area contributed by atoms with Crippen LogP contribution in [0, 0.1) is 0 Å². The minimum Gasteiger partial charge on any atom is -0.275 e. The van der Waals surface area contributed by atoms with Crippen LogP contribution in [0.4, 0.5) is 0 Å². The van der Waals surface area contributed by atoms with E-state index < -0.39 is 0 Å². The first kappa shape index (κ1) is 6.59. The molecule has 1 N–H and O–H groups in total. The summed E-state index contributed by atoms with van der Waals surface area (Å²) in [4.78, 5) is 0. The summed E-state index contributed by atoms with van der Waals surface area (Å²) in [5, 5.41) is 3.29. The van der Waals surface area contributed by atoms with Crippen LogP contribution < -0.4 is 5.32 Å². The summed E-state index contributed by atoms with van der Waals surface area (Å²) in [5.74, 6) is 1.32. The number of nitrogens with one attached hydrogen (secondary N) is 1. The Bertz CT molecular complexity index is 136. The summed E-state index contributed by atoms with van der Waals surface area (Å²) in [6, 6.07) is 0.653. The van der Waals surface area contributed by atoms with E-state index in [1.165, 1.54) is 12.4 Å². The molecule has 0 fully saturated rings. The molecule has 0 radical (unpaired) electrons. The van der Waals surface area contributed by atoms with Gasteiger partial charge in [-0.1, -0.05) is 0 Å². The van der Waals surface area contributed by atoms with Crippen LogP contribution in [-0.4, -0.2) is 29.5 Å². The van der Waals surface area contributed by atoms with E-state index in [-0.39, 0.29) is 0 Å². The van der Waals surface area contributed by atoms with E-state index in [1.807, 2.05) is 0 Å². The molecule has 0 aromatic heterocycles. The van der Waals surface area contributed by atoms with E-state index in [9.17, 15) is 0 Å². The molecule has 52 valence electrons. The summed E-state index contributed by atoms with van der Waals surface area (Å²) in [7, 11) is 0. The van der Waals surface area contributed by atoms with Crippen LogP contribution in [0.2, 0.25) is 0 Å². The maximum atomic E-state index is 3.29. The van der Waals surface area contributed by atoms with E-state index in [1.54, 1.807) is 0 Å². The fourth-order valence-corrected chi connectivity index (χ4v) is 1.27. The van der Waals surface area contributed by atoms with Crippen LogP contribution in [0.3, 0.4) is 0 Å². The molecular formula is C7H15N2+. The fraction of sp³-hybridized carbons (Fsp3) is 0.857. The van der Waals surface area contributed by atoms with Crippen LogP contribution in [0.1, 0.15) is 20.8 Å². The maximum Gasteiger partial charge on any atom is 0.241 e. The molecule has 1 aliphatic heterocycles. The molecule has 9 heavy (non-hydrogen) atoms. The third-order valence-electron chi connectivity index (χ3n) is 1.79. The molecule has 0 atom stereocenters. The first-order valence-corrected chi connectivity index (χ1v) is 3.56. The molecule has 0 aromatic rings. The van der Waals surface area contributed by atoms with Gasteiger partial charge in [0.2, 0.25) is 5.84 Å². The lowest BCUT2D eigenvalue weighted by molar-refractivity contribution is -0.549. The van der Waals surface area contributed by atoms with Crippen molar-refractivity contribution < 1.29 is 4.58 Å². The normalized spacial score (nSPS) is 19.1. The van der Waals surface area contributed by atoms with Crippen molar-refractivity contribution in [3.05, 3.63) is 0 Å². The van der Waals surface area contributed by atoms with Gasteiger partial charge >= 0.3 is 0 Å². The van der Waals surface area contributed by atoms with Gasteiger partial charge in [-0.25, -0.2) is 0 Å².